The predicted octanol–water partition coefficient (Wildman–Crippen LogP) is 6.63. The van der Waals surface area contributed by atoms with E-state index in [1.165, 1.54) is 11.8 Å². The maximum absolute atomic E-state index is 12.5. The number of carbonyl (C=O) groups excluding carboxylic acids is 1. The molecule has 1 saturated heterocycles. The molecule has 3 aromatic rings. The Hall–Kier alpha value is -3.03. The molecule has 0 unspecified atom stereocenters. The number of amidine groups is 1. The standard InChI is InChI=1S/C26H23BrN2O3S/c1-3-31-23-14-19(8-13-22(23)32-16-18-6-9-20(27)10-7-18)15-24-25(30)29-26(33-24)28-21-11-4-17(2)5-12-21/h4-15H,3,16H2,1-2H3,(H,28,29,30)/b24-15-. The van der Waals surface area contributed by atoms with Crippen LogP contribution in [0.3, 0.4) is 0 Å². The number of amides is 1. The van der Waals surface area contributed by atoms with Crippen LogP contribution in [0.2, 0.25) is 0 Å². The molecule has 1 aliphatic rings. The van der Waals surface area contributed by atoms with E-state index in [-0.39, 0.29) is 5.91 Å². The van der Waals surface area contributed by atoms with Crippen molar-refractivity contribution >= 4 is 50.5 Å². The van der Waals surface area contributed by atoms with Gasteiger partial charge in [0.15, 0.2) is 16.7 Å². The number of halogens is 1. The number of hydrogen-bond donors (Lipinski definition) is 1. The van der Waals surface area contributed by atoms with Gasteiger partial charge in [-0.3, -0.25) is 4.79 Å². The second-order valence-electron chi connectivity index (χ2n) is 7.37. The van der Waals surface area contributed by atoms with E-state index in [0.29, 0.717) is 34.8 Å². The molecule has 1 aliphatic heterocycles. The summed E-state index contributed by atoms with van der Waals surface area (Å²) in [5.74, 6) is 1.13. The number of thioether (sulfide) groups is 1. The highest BCUT2D eigenvalue weighted by atomic mass is 79.9. The van der Waals surface area contributed by atoms with Gasteiger partial charge in [0.25, 0.3) is 5.91 Å². The second-order valence-corrected chi connectivity index (χ2v) is 9.32. The fraction of sp³-hybridized carbons (Fsp3) is 0.154. The minimum Gasteiger partial charge on any atom is -0.490 e. The third-order valence-corrected chi connectivity index (χ3v) is 6.23. The van der Waals surface area contributed by atoms with Gasteiger partial charge in [-0.25, -0.2) is 4.99 Å². The molecular weight excluding hydrogens is 500 g/mol. The average molecular weight is 523 g/mol. The molecule has 0 radical (unpaired) electrons. The topological polar surface area (TPSA) is 59.9 Å². The third kappa shape index (κ3) is 6.27. The molecule has 4 rings (SSSR count). The summed E-state index contributed by atoms with van der Waals surface area (Å²) in [6, 6.07) is 21.5. The molecule has 1 N–H and O–H groups in total. The van der Waals surface area contributed by atoms with Gasteiger partial charge in [0.05, 0.1) is 17.2 Å². The average Bonchev–Trinajstić information content (AvgIpc) is 3.14. The molecular formula is C26H23BrN2O3S. The van der Waals surface area contributed by atoms with E-state index < -0.39 is 0 Å². The normalized spacial score (nSPS) is 15.7. The van der Waals surface area contributed by atoms with Crippen LogP contribution in [0.5, 0.6) is 11.5 Å². The Morgan fingerprint density at radius 1 is 1.00 bits per heavy atom. The van der Waals surface area contributed by atoms with Crippen molar-refractivity contribution in [2.24, 2.45) is 4.99 Å². The molecule has 0 saturated carbocycles. The summed E-state index contributed by atoms with van der Waals surface area (Å²) in [5, 5.41) is 3.39. The third-order valence-electron chi connectivity index (χ3n) is 4.79. The van der Waals surface area contributed by atoms with Crippen molar-refractivity contribution in [3.63, 3.8) is 0 Å². The first-order valence-corrected chi connectivity index (χ1v) is 12.1. The zero-order valence-corrected chi connectivity index (χ0v) is 20.7. The van der Waals surface area contributed by atoms with Crippen molar-refractivity contribution in [2.45, 2.75) is 20.5 Å². The zero-order chi connectivity index (χ0) is 23.2. The second kappa shape index (κ2) is 10.7. The minimum atomic E-state index is -0.167. The number of aryl methyl sites for hydroxylation is 1. The number of rotatable bonds is 7. The van der Waals surface area contributed by atoms with Crippen LogP contribution < -0.4 is 14.8 Å². The highest BCUT2D eigenvalue weighted by molar-refractivity contribution is 9.10. The van der Waals surface area contributed by atoms with Crippen molar-refractivity contribution in [1.29, 1.82) is 0 Å². The lowest BCUT2D eigenvalue weighted by Crippen LogP contribution is -2.19. The summed E-state index contributed by atoms with van der Waals surface area (Å²) in [5.41, 5.74) is 3.88. The van der Waals surface area contributed by atoms with Crippen LogP contribution >= 0.6 is 27.7 Å². The van der Waals surface area contributed by atoms with E-state index in [1.807, 2.05) is 86.7 Å². The minimum absolute atomic E-state index is 0.167. The largest absolute Gasteiger partial charge is 0.490 e. The van der Waals surface area contributed by atoms with Crippen LogP contribution in [-0.4, -0.2) is 17.7 Å². The van der Waals surface area contributed by atoms with Gasteiger partial charge in [-0.05, 0) is 79.2 Å². The molecule has 7 heteroatoms. The Balaban J connectivity index is 1.49. The van der Waals surface area contributed by atoms with Gasteiger partial charge >= 0.3 is 0 Å². The number of nitrogens with zero attached hydrogens (tertiary/aromatic N) is 1. The van der Waals surface area contributed by atoms with E-state index in [9.17, 15) is 4.79 Å². The number of ether oxygens (including phenoxy) is 2. The highest BCUT2D eigenvalue weighted by Crippen LogP contribution is 2.33. The van der Waals surface area contributed by atoms with Gasteiger partial charge < -0.3 is 14.8 Å². The fourth-order valence-corrected chi connectivity index (χ4v) is 4.22. The van der Waals surface area contributed by atoms with Crippen LogP contribution in [-0.2, 0) is 11.4 Å². The number of nitrogens with one attached hydrogen (secondary N) is 1. The lowest BCUT2D eigenvalue weighted by Gasteiger charge is -2.13. The summed E-state index contributed by atoms with van der Waals surface area (Å²) < 4.78 is 12.8. The van der Waals surface area contributed by atoms with E-state index in [2.05, 4.69) is 26.2 Å². The molecule has 0 atom stereocenters. The van der Waals surface area contributed by atoms with Crippen molar-refractivity contribution in [1.82, 2.24) is 5.32 Å². The van der Waals surface area contributed by atoms with Gasteiger partial charge in [-0.15, -0.1) is 0 Å². The van der Waals surface area contributed by atoms with Gasteiger partial charge in [0.2, 0.25) is 0 Å². The first-order valence-electron chi connectivity index (χ1n) is 10.5. The lowest BCUT2D eigenvalue weighted by molar-refractivity contribution is -0.115. The number of benzene rings is 3. The SMILES string of the molecule is CCOc1cc(/C=C2\SC(=Nc3ccc(C)cc3)NC2=O)ccc1OCc1ccc(Br)cc1. The van der Waals surface area contributed by atoms with Crippen LogP contribution in [0.4, 0.5) is 5.69 Å². The van der Waals surface area contributed by atoms with Gasteiger partial charge in [0, 0.05) is 4.47 Å². The fourth-order valence-electron chi connectivity index (χ4n) is 3.11. The molecule has 1 amide bonds. The van der Waals surface area contributed by atoms with E-state index in [0.717, 1.165) is 26.9 Å². The predicted molar refractivity (Wildman–Crippen MR) is 138 cm³/mol. The molecule has 0 bridgehead atoms. The summed E-state index contributed by atoms with van der Waals surface area (Å²) in [4.78, 5) is 17.6. The van der Waals surface area contributed by atoms with Crippen molar-refractivity contribution < 1.29 is 14.3 Å². The maximum Gasteiger partial charge on any atom is 0.264 e. The van der Waals surface area contributed by atoms with Crippen LogP contribution in [0.15, 0.2) is 81.1 Å². The number of hydrogen-bond acceptors (Lipinski definition) is 5. The summed E-state index contributed by atoms with van der Waals surface area (Å²) in [6.07, 6.45) is 1.83. The monoisotopic (exact) mass is 522 g/mol. The Morgan fingerprint density at radius 2 is 1.76 bits per heavy atom. The Bertz CT molecular complexity index is 1210. The van der Waals surface area contributed by atoms with Gasteiger partial charge in [0.1, 0.15) is 6.61 Å². The highest BCUT2D eigenvalue weighted by Gasteiger charge is 2.24. The number of aliphatic imine (C=N–C) groups is 1. The van der Waals surface area contributed by atoms with Gasteiger partial charge in [-0.2, -0.15) is 0 Å². The molecule has 5 nitrogen and oxygen atoms in total. The van der Waals surface area contributed by atoms with Crippen molar-refractivity contribution in [3.05, 3.63) is 92.8 Å². The Morgan fingerprint density at radius 3 is 2.48 bits per heavy atom. The lowest BCUT2D eigenvalue weighted by atomic mass is 10.2. The molecule has 1 heterocycles. The van der Waals surface area contributed by atoms with Crippen LogP contribution in [0, 0.1) is 6.92 Å². The molecule has 1 fully saturated rings. The first kappa shape index (κ1) is 23.1. The van der Waals surface area contributed by atoms with Crippen LogP contribution in [0.25, 0.3) is 6.08 Å². The van der Waals surface area contributed by atoms with E-state index in [1.54, 1.807) is 0 Å². The summed E-state index contributed by atoms with van der Waals surface area (Å²) in [6.45, 7) is 4.90. The quantitative estimate of drug-likeness (QED) is 0.354. The first-order chi connectivity index (χ1) is 16.0. The van der Waals surface area contributed by atoms with Crippen LogP contribution in [0.1, 0.15) is 23.6 Å². The molecule has 33 heavy (non-hydrogen) atoms. The number of carbonyl (C=O) groups is 1. The van der Waals surface area contributed by atoms with Crippen molar-refractivity contribution in [3.8, 4) is 11.5 Å². The molecule has 168 valence electrons. The Kier molecular flexibility index (Phi) is 7.52. The maximum atomic E-state index is 12.5. The van der Waals surface area contributed by atoms with Gasteiger partial charge in [-0.1, -0.05) is 51.8 Å². The van der Waals surface area contributed by atoms with Crippen molar-refractivity contribution in [2.75, 3.05) is 6.61 Å². The van der Waals surface area contributed by atoms with E-state index in [4.69, 9.17) is 9.47 Å². The summed E-state index contributed by atoms with van der Waals surface area (Å²) >= 11 is 4.76. The summed E-state index contributed by atoms with van der Waals surface area (Å²) in [7, 11) is 0. The smallest absolute Gasteiger partial charge is 0.264 e. The molecule has 0 aromatic heterocycles. The molecule has 0 aliphatic carbocycles. The zero-order valence-electron chi connectivity index (χ0n) is 18.3. The molecule has 0 spiro atoms. The molecule has 3 aromatic carbocycles. The van der Waals surface area contributed by atoms with E-state index >= 15 is 0 Å². The Labute approximate surface area is 206 Å².